The van der Waals surface area contributed by atoms with Gasteiger partial charge in [0.15, 0.2) is 0 Å². The van der Waals surface area contributed by atoms with Crippen molar-refractivity contribution >= 4 is 17.6 Å². The van der Waals surface area contributed by atoms with Crippen molar-refractivity contribution in [3.05, 3.63) is 42.2 Å². The topological polar surface area (TPSA) is 111 Å². The first-order valence-electron chi connectivity index (χ1n) is 7.98. The van der Waals surface area contributed by atoms with E-state index in [9.17, 15) is 9.59 Å². The van der Waals surface area contributed by atoms with E-state index in [0.29, 0.717) is 5.69 Å². The van der Waals surface area contributed by atoms with E-state index < -0.39 is 5.91 Å². The van der Waals surface area contributed by atoms with Crippen LogP contribution in [0.2, 0.25) is 0 Å². The summed E-state index contributed by atoms with van der Waals surface area (Å²) < 4.78 is 7.02. The van der Waals surface area contributed by atoms with E-state index in [0.717, 1.165) is 11.3 Å². The minimum absolute atomic E-state index is 0.0393. The van der Waals surface area contributed by atoms with Crippen LogP contribution in [0.15, 0.2) is 36.7 Å². The molecular weight excluding hydrogens is 322 g/mol. The second kappa shape index (κ2) is 8.18. The maximum Gasteiger partial charge on any atom is 0.319 e. The molecule has 1 aromatic carbocycles. The average molecular weight is 345 g/mol. The summed E-state index contributed by atoms with van der Waals surface area (Å²) in [7, 11) is 0. The van der Waals surface area contributed by atoms with Gasteiger partial charge in [0, 0.05) is 6.20 Å². The Bertz CT molecular complexity index is 741. The van der Waals surface area contributed by atoms with Crippen molar-refractivity contribution in [2.75, 3.05) is 5.32 Å². The van der Waals surface area contributed by atoms with Crippen LogP contribution in [-0.2, 0) is 11.3 Å². The molecule has 2 rings (SSSR count). The van der Waals surface area contributed by atoms with Gasteiger partial charge in [-0.2, -0.15) is 5.10 Å². The predicted octanol–water partition coefficient (Wildman–Crippen LogP) is 2.04. The molecule has 8 heteroatoms. The lowest BCUT2D eigenvalue weighted by Gasteiger charge is -2.16. The lowest BCUT2D eigenvalue weighted by atomic mass is 10.1. The number of primary amides is 1. The second-order valence-corrected chi connectivity index (χ2v) is 5.95. The average Bonchev–Trinajstić information content (AvgIpc) is 2.92. The summed E-state index contributed by atoms with van der Waals surface area (Å²) in [4.78, 5) is 23.0. The predicted molar refractivity (Wildman–Crippen MR) is 94.2 cm³/mol. The molecule has 2 aromatic rings. The van der Waals surface area contributed by atoms with E-state index in [4.69, 9.17) is 10.5 Å². The van der Waals surface area contributed by atoms with Gasteiger partial charge in [-0.3, -0.25) is 9.48 Å². The second-order valence-electron chi connectivity index (χ2n) is 5.95. The van der Waals surface area contributed by atoms with Gasteiger partial charge in [-0.25, -0.2) is 4.79 Å². The molecule has 1 atom stereocenters. The summed E-state index contributed by atoms with van der Waals surface area (Å²) in [5, 5.41) is 9.45. The van der Waals surface area contributed by atoms with Crippen molar-refractivity contribution in [2.24, 2.45) is 5.73 Å². The van der Waals surface area contributed by atoms with Crippen LogP contribution in [0.3, 0.4) is 0 Å². The summed E-state index contributed by atoms with van der Waals surface area (Å²) in [6.45, 7) is 5.76. The normalized spacial score (nSPS) is 11.8. The van der Waals surface area contributed by atoms with Crippen LogP contribution in [0.4, 0.5) is 10.5 Å². The molecular formula is C17H23N5O3. The van der Waals surface area contributed by atoms with E-state index in [1.54, 1.807) is 0 Å². The standard InChI is InChI=1S/C17H23N5O3/c1-11(2)25-15-6-4-5-13(7-15)12(3)20-17(24)21-14-8-19-22(9-14)10-16(18)23/h4-9,11-12H,10H2,1-3H3,(H2,18,23)(H2,20,21,24)/t12-/m1/s1. The number of urea groups is 1. The molecule has 3 amide bonds. The number of rotatable bonds is 7. The molecule has 0 saturated heterocycles. The Balaban J connectivity index is 1.93. The van der Waals surface area contributed by atoms with Crippen molar-refractivity contribution in [3.8, 4) is 5.75 Å². The molecule has 0 unspecified atom stereocenters. The van der Waals surface area contributed by atoms with Gasteiger partial charge in [0.2, 0.25) is 5.91 Å². The molecule has 0 fully saturated rings. The number of anilines is 1. The molecule has 8 nitrogen and oxygen atoms in total. The lowest BCUT2D eigenvalue weighted by Crippen LogP contribution is -2.31. The molecule has 4 N–H and O–H groups in total. The third kappa shape index (κ3) is 5.83. The fraction of sp³-hybridized carbons (Fsp3) is 0.353. The molecule has 0 saturated carbocycles. The number of nitrogens with two attached hydrogens (primary N) is 1. The zero-order chi connectivity index (χ0) is 18.4. The fourth-order valence-electron chi connectivity index (χ4n) is 2.25. The molecule has 0 spiro atoms. The van der Waals surface area contributed by atoms with Gasteiger partial charge in [-0.05, 0) is 38.5 Å². The molecule has 0 aliphatic heterocycles. The highest BCUT2D eigenvalue weighted by Gasteiger charge is 2.12. The Kier molecular flexibility index (Phi) is 5.99. The molecule has 0 radical (unpaired) electrons. The highest BCUT2D eigenvalue weighted by Crippen LogP contribution is 2.20. The zero-order valence-electron chi connectivity index (χ0n) is 14.5. The SMILES string of the molecule is CC(C)Oc1cccc([C@@H](C)NC(=O)Nc2cnn(CC(N)=O)c2)c1. The molecule has 0 aliphatic carbocycles. The van der Waals surface area contributed by atoms with E-state index >= 15 is 0 Å². The van der Waals surface area contributed by atoms with Crippen LogP contribution in [0.25, 0.3) is 0 Å². The summed E-state index contributed by atoms with van der Waals surface area (Å²) in [6, 6.07) is 7.00. The van der Waals surface area contributed by atoms with Crippen LogP contribution < -0.4 is 21.1 Å². The Morgan fingerprint density at radius 1 is 1.32 bits per heavy atom. The van der Waals surface area contributed by atoms with Gasteiger partial charge in [-0.15, -0.1) is 0 Å². The zero-order valence-corrected chi connectivity index (χ0v) is 14.5. The summed E-state index contributed by atoms with van der Waals surface area (Å²) in [5.74, 6) is 0.255. The van der Waals surface area contributed by atoms with Gasteiger partial charge < -0.3 is 21.1 Å². The summed E-state index contributed by atoms with van der Waals surface area (Å²) in [5.41, 5.74) is 6.50. The van der Waals surface area contributed by atoms with Gasteiger partial charge in [0.05, 0.1) is 24.0 Å². The van der Waals surface area contributed by atoms with Crippen molar-refractivity contribution in [2.45, 2.75) is 39.5 Å². The lowest BCUT2D eigenvalue weighted by molar-refractivity contribution is -0.118. The van der Waals surface area contributed by atoms with E-state index in [-0.39, 0.29) is 24.7 Å². The molecule has 1 heterocycles. The third-order valence-corrected chi connectivity index (χ3v) is 3.29. The van der Waals surface area contributed by atoms with Crippen LogP contribution in [0.1, 0.15) is 32.4 Å². The van der Waals surface area contributed by atoms with Gasteiger partial charge >= 0.3 is 6.03 Å². The van der Waals surface area contributed by atoms with Crippen molar-refractivity contribution < 1.29 is 14.3 Å². The van der Waals surface area contributed by atoms with Gasteiger partial charge in [-0.1, -0.05) is 12.1 Å². The minimum Gasteiger partial charge on any atom is -0.491 e. The Morgan fingerprint density at radius 2 is 2.08 bits per heavy atom. The maximum atomic E-state index is 12.1. The Hall–Kier alpha value is -3.03. The smallest absolute Gasteiger partial charge is 0.319 e. The number of aromatic nitrogens is 2. The van der Waals surface area contributed by atoms with E-state index in [1.165, 1.54) is 17.1 Å². The van der Waals surface area contributed by atoms with E-state index in [2.05, 4.69) is 15.7 Å². The third-order valence-electron chi connectivity index (χ3n) is 3.29. The number of amides is 3. The highest BCUT2D eigenvalue weighted by atomic mass is 16.5. The number of hydrogen-bond donors (Lipinski definition) is 3. The van der Waals surface area contributed by atoms with Crippen LogP contribution in [0, 0.1) is 0 Å². The van der Waals surface area contributed by atoms with Crippen LogP contribution in [0.5, 0.6) is 5.75 Å². The number of ether oxygens (including phenoxy) is 1. The fourth-order valence-corrected chi connectivity index (χ4v) is 2.25. The van der Waals surface area contributed by atoms with Gasteiger partial charge in [0.1, 0.15) is 12.3 Å². The number of benzene rings is 1. The number of nitrogens with zero attached hydrogens (tertiary/aromatic N) is 2. The number of hydrogen-bond acceptors (Lipinski definition) is 4. The van der Waals surface area contributed by atoms with Crippen molar-refractivity contribution in [3.63, 3.8) is 0 Å². The van der Waals surface area contributed by atoms with Gasteiger partial charge in [0.25, 0.3) is 0 Å². The molecule has 134 valence electrons. The number of carbonyl (C=O) groups is 2. The van der Waals surface area contributed by atoms with Crippen LogP contribution in [-0.4, -0.2) is 27.8 Å². The maximum absolute atomic E-state index is 12.1. The van der Waals surface area contributed by atoms with Crippen molar-refractivity contribution in [1.82, 2.24) is 15.1 Å². The number of nitrogens with one attached hydrogen (secondary N) is 2. The van der Waals surface area contributed by atoms with E-state index in [1.807, 2.05) is 45.0 Å². The largest absolute Gasteiger partial charge is 0.491 e. The summed E-state index contributed by atoms with van der Waals surface area (Å²) >= 11 is 0. The minimum atomic E-state index is -0.503. The first-order chi connectivity index (χ1) is 11.8. The van der Waals surface area contributed by atoms with Crippen molar-refractivity contribution in [1.29, 1.82) is 0 Å². The molecule has 25 heavy (non-hydrogen) atoms. The quantitative estimate of drug-likeness (QED) is 0.713. The Labute approximate surface area is 146 Å². The monoisotopic (exact) mass is 345 g/mol. The Morgan fingerprint density at radius 3 is 2.76 bits per heavy atom. The summed E-state index contributed by atoms with van der Waals surface area (Å²) in [6.07, 6.45) is 3.06. The first-order valence-corrected chi connectivity index (χ1v) is 7.98. The molecule has 0 aliphatic rings. The molecule has 1 aromatic heterocycles. The highest BCUT2D eigenvalue weighted by molar-refractivity contribution is 5.89. The first kappa shape index (κ1) is 18.3. The molecule has 0 bridgehead atoms. The number of carbonyl (C=O) groups excluding carboxylic acids is 2. The van der Waals surface area contributed by atoms with Crippen LogP contribution >= 0.6 is 0 Å².